The van der Waals surface area contributed by atoms with E-state index in [1.165, 1.54) is 0 Å². The first kappa shape index (κ1) is 9.06. The third-order valence-electron chi connectivity index (χ3n) is 2.10. The Morgan fingerprint density at radius 2 is 2.36 bits per heavy atom. The maximum absolute atomic E-state index is 5.54. The van der Waals surface area contributed by atoms with Crippen LogP contribution < -0.4 is 4.74 Å². The summed E-state index contributed by atoms with van der Waals surface area (Å²) in [5, 5.41) is 4.86. The first-order valence-electron chi connectivity index (χ1n) is 4.87. The molecule has 0 spiro atoms. The van der Waals surface area contributed by atoms with Gasteiger partial charge in [-0.15, -0.1) is 0 Å². The third-order valence-corrected chi connectivity index (χ3v) is 2.10. The largest absolute Gasteiger partial charge is 0.494 e. The van der Waals surface area contributed by atoms with Crippen molar-refractivity contribution < 1.29 is 9.26 Å². The highest BCUT2D eigenvalue weighted by Gasteiger charge is 1.99. The quantitative estimate of drug-likeness (QED) is 0.697. The molecule has 2 aromatic rings. The number of nitrogens with zero attached hydrogens (tertiary/aromatic N) is 1. The summed E-state index contributed by atoms with van der Waals surface area (Å²) < 4.78 is 10.4. The predicted molar refractivity (Wildman–Crippen MR) is 54.4 cm³/mol. The molecule has 0 amide bonds. The summed E-state index contributed by atoms with van der Waals surface area (Å²) >= 11 is 0. The van der Waals surface area contributed by atoms with Gasteiger partial charge >= 0.3 is 0 Å². The Morgan fingerprint density at radius 3 is 3.21 bits per heavy atom. The van der Waals surface area contributed by atoms with Gasteiger partial charge in [-0.05, 0) is 18.6 Å². The zero-order valence-corrected chi connectivity index (χ0v) is 8.19. The van der Waals surface area contributed by atoms with Gasteiger partial charge in [0.05, 0.1) is 6.61 Å². The van der Waals surface area contributed by atoms with Gasteiger partial charge in [0.2, 0.25) is 0 Å². The van der Waals surface area contributed by atoms with Gasteiger partial charge in [-0.25, -0.2) is 0 Å². The summed E-state index contributed by atoms with van der Waals surface area (Å²) in [5.41, 5.74) is 0.846. The van der Waals surface area contributed by atoms with E-state index in [4.69, 9.17) is 9.26 Å². The van der Waals surface area contributed by atoms with Crippen LogP contribution in [0, 0.1) is 0 Å². The van der Waals surface area contributed by atoms with E-state index in [0.717, 1.165) is 36.1 Å². The molecule has 1 aromatic heterocycles. The molecule has 0 aliphatic heterocycles. The van der Waals surface area contributed by atoms with Crippen molar-refractivity contribution in [3.05, 3.63) is 24.5 Å². The third kappa shape index (κ3) is 1.87. The lowest BCUT2D eigenvalue weighted by Crippen LogP contribution is -1.95. The molecule has 0 aliphatic rings. The van der Waals surface area contributed by atoms with Crippen LogP contribution in [0.25, 0.3) is 10.9 Å². The van der Waals surface area contributed by atoms with Crippen molar-refractivity contribution >= 4 is 10.9 Å². The molecule has 0 radical (unpaired) electrons. The minimum Gasteiger partial charge on any atom is -0.494 e. The van der Waals surface area contributed by atoms with Crippen LogP contribution in [-0.4, -0.2) is 11.8 Å². The number of fused-ring (bicyclic) bond motifs is 1. The van der Waals surface area contributed by atoms with Gasteiger partial charge in [-0.1, -0.05) is 18.5 Å². The lowest BCUT2D eigenvalue weighted by atomic mass is 10.2. The highest BCUT2D eigenvalue weighted by atomic mass is 16.5. The second-order valence-corrected chi connectivity index (χ2v) is 3.24. The van der Waals surface area contributed by atoms with E-state index in [1.807, 2.05) is 18.2 Å². The number of hydrogen-bond donors (Lipinski definition) is 0. The minimum absolute atomic E-state index is 0.764. The van der Waals surface area contributed by atoms with Gasteiger partial charge in [-0.2, -0.15) is 0 Å². The number of unbranched alkanes of at least 4 members (excludes halogenated alkanes) is 1. The van der Waals surface area contributed by atoms with E-state index in [-0.39, 0.29) is 0 Å². The molecule has 1 aromatic carbocycles. The fourth-order valence-electron chi connectivity index (χ4n) is 1.27. The Hall–Kier alpha value is -1.51. The van der Waals surface area contributed by atoms with E-state index in [0.29, 0.717) is 0 Å². The van der Waals surface area contributed by atoms with Crippen LogP contribution in [0.1, 0.15) is 19.8 Å². The van der Waals surface area contributed by atoms with Gasteiger partial charge < -0.3 is 9.26 Å². The Bertz CT molecular complexity index is 408. The zero-order valence-electron chi connectivity index (χ0n) is 8.19. The molecule has 0 atom stereocenters. The number of aromatic nitrogens is 1. The number of ether oxygens (including phenoxy) is 1. The first-order chi connectivity index (χ1) is 6.90. The molecule has 74 valence electrons. The average molecular weight is 191 g/mol. The normalized spacial score (nSPS) is 10.6. The van der Waals surface area contributed by atoms with Crippen molar-refractivity contribution in [1.29, 1.82) is 0 Å². The molecule has 1 heterocycles. The van der Waals surface area contributed by atoms with Crippen LogP contribution in [0.5, 0.6) is 5.75 Å². The first-order valence-corrected chi connectivity index (χ1v) is 4.87. The van der Waals surface area contributed by atoms with Crippen molar-refractivity contribution in [2.24, 2.45) is 0 Å². The van der Waals surface area contributed by atoms with E-state index in [2.05, 4.69) is 12.1 Å². The summed E-state index contributed by atoms with van der Waals surface area (Å²) in [4.78, 5) is 0. The Kier molecular flexibility index (Phi) is 2.68. The Morgan fingerprint density at radius 1 is 1.43 bits per heavy atom. The van der Waals surface area contributed by atoms with Gasteiger partial charge in [0.1, 0.15) is 17.5 Å². The molecular formula is C11H13NO2. The highest BCUT2D eigenvalue weighted by Crippen LogP contribution is 2.19. The minimum atomic E-state index is 0.764. The Labute approximate surface area is 82.7 Å². The summed E-state index contributed by atoms with van der Waals surface area (Å²) in [6.07, 6.45) is 3.86. The van der Waals surface area contributed by atoms with E-state index in [9.17, 15) is 0 Å². The van der Waals surface area contributed by atoms with Crippen LogP contribution in [0.3, 0.4) is 0 Å². The topological polar surface area (TPSA) is 35.3 Å². The van der Waals surface area contributed by atoms with E-state index < -0.39 is 0 Å². The smallest absolute Gasteiger partial charge is 0.131 e. The molecule has 0 saturated heterocycles. The molecule has 0 unspecified atom stereocenters. The van der Waals surface area contributed by atoms with Crippen LogP contribution in [0.2, 0.25) is 0 Å². The monoisotopic (exact) mass is 191 g/mol. The van der Waals surface area contributed by atoms with Gasteiger partial charge in [0, 0.05) is 11.5 Å². The molecule has 0 fully saturated rings. The lowest BCUT2D eigenvalue weighted by molar-refractivity contribution is 0.309. The molecule has 3 nitrogen and oxygen atoms in total. The number of hydrogen-bond acceptors (Lipinski definition) is 3. The maximum atomic E-state index is 5.54. The van der Waals surface area contributed by atoms with Crippen LogP contribution in [0.15, 0.2) is 29.0 Å². The van der Waals surface area contributed by atoms with Crippen molar-refractivity contribution in [1.82, 2.24) is 5.16 Å². The second kappa shape index (κ2) is 4.13. The van der Waals surface area contributed by atoms with Crippen molar-refractivity contribution in [3.63, 3.8) is 0 Å². The van der Waals surface area contributed by atoms with E-state index >= 15 is 0 Å². The summed E-state index contributed by atoms with van der Waals surface area (Å²) in [6.45, 7) is 2.91. The van der Waals surface area contributed by atoms with Crippen molar-refractivity contribution in [2.75, 3.05) is 6.61 Å². The summed E-state index contributed by atoms with van der Waals surface area (Å²) in [7, 11) is 0. The molecule has 0 bridgehead atoms. The summed E-state index contributed by atoms with van der Waals surface area (Å²) in [5.74, 6) is 0.861. The number of benzene rings is 1. The van der Waals surface area contributed by atoms with Crippen molar-refractivity contribution in [3.8, 4) is 5.75 Å². The van der Waals surface area contributed by atoms with Gasteiger partial charge in [0.15, 0.2) is 0 Å². The summed E-state index contributed by atoms with van der Waals surface area (Å²) in [6, 6.07) is 5.79. The molecule has 0 aliphatic carbocycles. The average Bonchev–Trinajstić information content (AvgIpc) is 2.65. The fourth-order valence-corrected chi connectivity index (χ4v) is 1.27. The highest BCUT2D eigenvalue weighted by molar-refractivity contribution is 5.78. The SMILES string of the molecule is CCCCOc1ccc2conc2c1. The van der Waals surface area contributed by atoms with Crippen molar-refractivity contribution in [2.45, 2.75) is 19.8 Å². The van der Waals surface area contributed by atoms with E-state index in [1.54, 1.807) is 6.26 Å². The number of rotatable bonds is 4. The fraction of sp³-hybridized carbons (Fsp3) is 0.364. The van der Waals surface area contributed by atoms with Crippen LogP contribution in [0.4, 0.5) is 0 Å². The molecule has 14 heavy (non-hydrogen) atoms. The second-order valence-electron chi connectivity index (χ2n) is 3.24. The standard InChI is InChI=1S/C11H13NO2/c1-2-3-6-13-10-5-4-9-8-14-12-11(9)7-10/h4-5,7-8H,2-3,6H2,1H3. The maximum Gasteiger partial charge on any atom is 0.131 e. The molecular weight excluding hydrogens is 178 g/mol. The van der Waals surface area contributed by atoms with Gasteiger partial charge in [-0.3, -0.25) is 0 Å². The Balaban J connectivity index is 2.10. The van der Waals surface area contributed by atoms with Crippen LogP contribution >= 0.6 is 0 Å². The predicted octanol–water partition coefficient (Wildman–Crippen LogP) is 3.01. The molecule has 0 saturated carbocycles. The molecule has 0 N–H and O–H groups in total. The molecule has 2 rings (SSSR count). The lowest BCUT2D eigenvalue weighted by Gasteiger charge is -2.03. The van der Waals surface area contributed by atoms with Gasteiger partial charge in [0.25, 0.3) is 0 Å². The van der Waals surface area contributed by atoms with Crippen LogP contribution in [-0.2, 0) is 0 Å². The zero-order chi connectivity index (χ0) is 9.80. The molecule has 3 heteroatoms.